The first kappa shape index (κ1) is 24.8. The maximum atomic E-state index is 10.1. The molecule has 2 aliphatic carbocycles. The summed E-state index contributed by atoms with van der Waals surface area (Å²) in [6.07, 6.45) is 14.2. The Morgan fingerprint density at radius 3 is 2.38 bits per heavy atom. The van der Waals surface area contributed by atoms with E-state index >= 15 is 0 Å². The molecule has 3 aliphatic rings. The number of benzene rings is 1. The fourth-order valence-electron chi connectivity index (χ4n) is 6.43. The van der Waals surface area contributed by atoms with Crippen LogP contribution in [0.15, 0.2) is 36.7 Å². The molecule has 2 N–H and O–H groups in total. The largest absolute Gasteiger partial charge is 0.393 e. The number of aliphatic hydroxyl groups is 1. The molecule has 3 fully saturated rings. The van der Waals surface area contributed by atoms with Crippen molar-refractivity contribution in [3.05, 3.63) is 42.2 Å². The number of fused-ring (bicyclic) bond motifs is 1. The number of hydrogen-bond donors (Lipinski definition) is 2. The second-order valence-electron chi connectivity index (χ2n) is 11.6. The highest BCUT2D eigenvalue weighted by molar-refractivity contribution is 5.94. The van der Waals surface area contributed by atoms with Crippen molar-refractivity contribution in [3.63, 3.8) is 0 Å². The van der Waals surface area contributed by atoms with E-state index in [1.807, 2.05) is 6.20 Å². The molecular formula is C30H42N6O. The van der Waals surface area contributed by atoms with Crippen molar-refractivity contribution in [2.45, 2.75) is 82.5 Å². The Balaban J connectivity index is 1.28. The Kier molecular flexibility index (Phi) is 7.45. The zero-order valence-corrected chi connectivity index (χ0v) is 22.3. The number of aromatic nitrogens is 3. The molecule has 0 radical (unpaired) electrons. The molecule has 7 heteroatoms. The first-order chi connectivity index (χ1) is 18.1. The minimum atomic E-state index is -0.163. The molecular weight excluding hydrogens is 460 g/mol. The summed E-state index contributed by atoms with van der Waals surface area (Å²) in [5, 5.41) is 14.8. The van der Waals surface area contributed by atoms with Crippen molar-refractivity contribution in [1.29, 1.82) is 0 Å². The third-order valence-corrected chi connectivity index (χ3v) is 8.84. The molecule has 3 heterocycles. The minimum Gasteiger partial charge on any atom is -0.393 e. The van der Waals surface area contributed by atoms with Crippen molar-refractivity contribution in [2.75, 3.05) is 38.5 Å². The van der Waals surface area contributed by atoms with Crippen LogP contribution in [-0.2, 0) is 6.54 Å². The quantitative estimate of drug-likeness (QED) is 0.491. The summed E-state index contributed by atoms with van der Waals surface area (Å²) < 4.78 is 2.38. The van der Waals surface area contributed by atoms with E-state index in [2.05, 4.69) is 57.2 Å². The third kappa shape index (κ3) is 5.69. The minimum absolute atomic E-state index is 0.163. The van der Waals surface area contributed by atoms with E-state index in [-0.39, 0.29) is 6.10 Å². The number of nitrogens with zero attached hydrogens (tertiary/aromatic N) is 5. The second kappa shape index (κ2) is 11.1. The van der Waals surface area contributed by atoms with Crippen LogP contribution in [0.4, 0.5) is 5.95 Å². The normalized spacial score (nSPS) is 24.5. The van der Waals surface area contributed by atoms with Crippen LogP contribution in [0, 0.1) is 0 Å². The average molecular weight is 503 g/mol. The van der Waals surface area contributed by atoms with E-state index in [0.717, 1.165) is 75.4 Å². The van der Waals surface area contributed by atoms with Crippen LogP contribution >= 0.6 is 0 Å². The molecule has 0 atom stereocenters. The van der Waals surface area contributed by atoms with Gasteiger partial charge in [0.2, 0.25) is 5.95 Å². The zero-order chi connectivity index (χ0) is 25.2. The SMILES string of the molecule is CN1CCN(Cc2ccc(-c3cn(C4CCC(O)CC4)c4nc(NC5CCCCC5)ncc34)cc2)CC1. The lowest BCUT2D eigenvalue weighted by Gasteiger charge is -2.32. The van der Waals surface area contributed by atoms with E-state index < -0.39 is 0 Å². The number of aliphatic hydroxyl groups excluding tert-OH is 1. The molecule has 198 valence electrons. The number of likely N-dealkylation sites (N-methyl/N-ethyl adjacent to an activating group) is 1. The molecule has 2 aromatic heterocycles. The molecule has 37 heavy (non-hydrogen) atoms. The highest BCUT2D eigenvalue weighted by atomic mass is 16.3. The molecule has 7 nitrogen and oxygen atoms in total. The monoisotopic (exact) mass is 502 g/mol. The zero-order valence-electron chi connectivity index (χ0n) is 22.3. The molecule has 3 aromatic rings. The average Bonchev–Trinajstić information content (AvgIpc) is 3.30. The maximum Gasteiger partial charge on any atom is 0.224 e. The molecule has 0 spiro atoms. The van der Waals surface area contributed by atoms with Crippen LogP contribution in [0.2, 0.25) is 0 Å². The third-order valence-electron chi connectivity index (χ3n) is 8.84. The van der Waals surface area contributed by atoms with Gasteiger partial charge in [0.1, 0.15) is 5.65 Å². The Bertz CT molecular complexity index is 1170. The summed E-state index contributed by atoms with van der Waals surface area (Å²) >= 11 is 0. The number of piperazine rings is 1. The highest BCUT2D eigenvalue weighted by Crippen LogP contribution is 2.37. The van der Waals surface area contributed by atoms with E-state index in [1.54, 1.807) is 0 Å². The van der Waals surface area contributed by atoms with Crippen molar-refractivity contribution in [2.24, 2.45) is 0 Å². The summed E-state index contributed by atoms with van der Waals surface area (Å²) in [5.74, 6) is 0.753. The predicted molar refractivity (Wildman–Crippen MR) is 150 cm³/mol. The van der Waals surface area contributed by atoms with Gasteiger partial charge in [-0.15, -0.1) is 0 Å². The van der Waals surface area contributed by atoms with Crippen LogP contribution in [-0.4, -0.2) is 74.8 Å². The van der Waals surface area contributed by atoms with Gasteiger partial charge in [-0.2, -0.15) is 4.98 Å². The maximum absolute atomic E-state index is 10.1. The lowest BCUT2D eigenvalue weighted by molar-refractivity contribution is 0.111. The van der Waals surface area contributed by atoms with E-state index in [1.165, 1.54) is 48.8 Å². The van der Waals surface area contributed by atoms with Crippen LogP contribution in [0.5, 0.6) is 0 Å². The summed E-state index contributed by atoms with van der Waals surface area (Å²) in [7, 11) is 2.21. The second-order valence-corrected chi connectivity index (χ2v) is 11.6. The molecule has 2 saturated carbocycles. The summed E-state index contributed by atoms with van der Waals surface area (Å²) in [4.78, 5) is 14.8. The lowest BCUT2D eigenvalue weighted by atomic mass is 9.93. The fourth-order valence-corrected chi connectivity index (χ4v) is 6.43. The van der Waals surface area contributed by atoms with Crippen LogP contribution in [0.3, 0.4) is 0 Å². The van der Waals surface area contributed by atoms with Gasteiger partial charge in [-0.25, -0.2) is 4.98 Å². The highest BCUT2D eigenvalue weighted by Gasteiger charge is 2.25. The van der Waals surface area contributed by atoms with Crippen molar-refractivity contribution < 1.29 is 5.11 Å². The molecule has 6 rings (SSSR count). The number of hydrogen-bond acceptors (Lipinski definition) is 6. The van der Waals surface area contributed by atoms with Crippen molar-refractivity contribution in [1.82, 2.24) is 24.3 Å². The van der Waals surface area contributed by atoms with E-state index in [4.69, 9.17) is 9.97 Å². The van der Waals surface area contributed by atoms with Gasteiger partial charge in [-0.05, 0) is 56.7 Å². The number of nitrogens with one attached hydrogen (secondary N) is 1. The first-order valence-corrected chi connectivity index (χ1v) is 14.4. The van der Waals surface area contributed by atoms with E-state index in [9.17, 15) is 5.11 Å². The first-order valence-electron chi connectivity index (χ1n) is 14.4. The van der Waals surface area contributed by atoms with E-state index in [0.29, 0.717) is 12.1 Å². The topological polar surface area (TPSA) is 69.5 Å². The van der Waals surface area contributed by atoms with Gasteiger partial charge in [0.25, 0.3) is 0 Å². The van der Waals surface area contributed by atoms with Crippen LogP contribution in [0.1, 0.15) is 69.4 Å². The van der Waals surface area contributed by atoms with Gasteiger partial charge in [0.05, 0.1) is 6.10 Å². The van der Waals surface area contributed by atoms with Gasteiger partial charge in [-0.3, -0.25) is 4.90 Å². The van der Waals surface area contributed by atoms with Crippen molar-refractivity contribution >= 4 is 17.0 Å². The fraction of sp³-hybridized carbons (Fsp3) is 0.600. The molecule has 0 unspecified atom stereocenters. The lowest BCUT2D eigenvalue weighted by Crippen LogP contribution is -2.43. The number of rotatable bonds is 6. The van der Waals surface area contributed by atoms with Crippen LogP contribution in [0.25, 0.3) is 22.2 Å². The van der Waals surface area contributed by atoms with Crippen LogP contribution < -0.4 is 5.32 Å². The molecule has 1 aromatic carbocycles. The predicted octanol–water partition coefficient (Wildman–Crippen LogP) is 5.07. The summed E-state index contributed by atoms with van der Waals surface area (Å²) in [5.41, 5.74) is 4.81. The van der Waals surface area contributed by atoms with Crippen molar-refractivity contribution in [3.8, 4) is 11.1 Å². The Labute approximate surface area is 220 Å². The molecule has 0 amide bonds. The smallest absolute Gasteiger partial charge is 0.224 e. The summed E-state index contributed by atoms with van der Waals surface area (Å²) in [6.45, 7) is 5.58. The summed E-state index contributed by atoms with van der Waals surface area (Å²) in [6, 6.07) is 9.95. The Morgan fingerprint density at radius 2 is 1.65 bits per heavy atom. The van der Waals surface area contributed by atoms with Gasteiger partial charge in [-0.1, -0.05) is 43.5 Å². The van der Waals surface area contributed by atoms with Gasteiger partial charge in [0, 0.05) is 68.2 Å². The number of anilines is 1. The standard InChI is InChI=1S/C30H42N6O/c1-34-15-17-35(18-16-34)20-22-7-9-23(10-8-22)28-21-36(25-11-13-26(37)14-12-25)29-27(28)19-31-30(33-29)32-24-5-3-2-4-6-24/h7-10,19,21,24-26,37H,2-6,11-18,20H2,1H3,(H,31,32,33). The molecule has 1 saturated heterocycles. The molecule has 1 aliphatic heterocycles. The molecule has 0 bridgehead atoms. The Hall–Kier alpha value is -2.48. The van der Waals surface area contributed by atoms with Gasteiger partial charge >= 0.3 is 0 Å². The van der Waals surface area contributed by atoms with Gasteiger partial charge in [0.15, 0.2) is 0 Å². The van der Waals surface area contributed by atoms with Gasteiger partial charge < -0.3 is 19.9 Å². The Morgan fingerprint density at radius 1 is 0.919 bits per heavy atom.